The third-order valence-electron chi connectivity index (χ3n) is 6.92. The monoisotopic (exact) mass is 444 g/mol. The van der Waals surface area contributed by atoms with Crippen LogP contribution in [0.15, 0.2) is 18.2 Å². The van der Waals surface area contributed by atoms with Crippen LogP contribution in [0.5, 0.6) is 5.88 Å². The number of pyridine rings is 1. The molecule has 0 bridgehead atoms. The Kier molecular flexibility index (Phi) is 7.30. The first-order valence-corrected chi connectivity index (χ1v) is 11.9. The fraction of sp³-hybridized carbons (Fsp3) is 0.708. The molecule has 0 aliphatic carbocycles. The van der Waals surface area contributed by atoms with Crippen molar-refractivity contribution < 1.29 is 19.1 Å². The van der Waals surface area contributed by atoms with E-state index in [1.165, 1.54) is 0 Å². The number of aromatic nitrogens is 1. The maximum Gasteiger partial charge on any atom is 0.225 e. The number of nitrogens with zero attached hydrogens (tertiary/aromatic N) is 3. The molecule has 0 unspecified atom stereocenters. The quantitative estimate of drug-likeness (QED) is 0.659. The maximum absolute atomic E-state index is 12.8. The lowest BCUT2D eigenvalue weighted by atomic mass is 9.84. The average Bonchev–Trinajstić information content (AvgIpc) is 3.48. The van der Waals surface area contributed by atoms with Gasteiger partial charge in [0.25, 0.3) is 0 Å². The molecule has 3 saturated heterocycles. The van der Waals surface area contributed by atoms with Gasteiger partial charge in [0, 0.05) is 56.7 Å². The van der Waals surface area contributed by atoms with Gasteiger partial charge in [-0.2, -0.15) is 0 Å². The van der Waals surface area contributed by atoms with Crippen LogP contribution in [0, 0.1) is 11.8 Å². The van der Waals surface area contributed by atoms with Gasteiger partial charge in [0.05, 0.1) is 31.9 Å². The van der Waals surface area contributed by atoms with Crippen molar-refractivity contribution in [2.45, 2.75) is 64.3 Å². The Bertz CT molecular complexity index is 811. The second-order valence-electron chi connectivity index (χ2n) is 9.60. The number of hydrogen-bond acceptors (Lipinski definition) is 6. The second-order valence-corrected chi connectivity index (χ2v) is 9.60. The van der Waals surface area contributed by atoms with E-state index in [9.17, 15) is 9.59 Å². The Hall–Kier alpha value is -2.19. The molecule has 3 aliphatic rings. The highest BCUT2D eigenvalue weighted by molar-refractivity contribution is 5.77. The first-order valence-electron chi connectivity index (χ1n) is 11.9. The van der Waals surface area contributed by atoms with Crippen LogP contribution in [0.2, 0.25) is 0 Å². The highest BCUT2D eigenvalue weighted by Crippen LogP contribution is 2.42. The third-order valence-corrected chi connectivity index (χ3v) is 6.92. The van der Waals surface area contributed by atoms with Crippen LogP contribution in [0.4, 0.5) is 0 Å². The van der Waals surface area contributed by atoms with Crippen LogP contribution in [-0.4, -0.2) is 78.1 Å². The molecule has 4 rings (SSSR count). The third kappa shape index (κ3) is 5.23. The topological polar surface area (TPSA) is 84.0 Å². The summed E-state index contributed by atoms with van der Waals surface area (Å²) < 4.78 is 11.5. The summed E-state index contributed by atoms with van der Waals surface area (Å²) in [7, 11) is 1.62. The predicted molar refractivity (Wildman–Crippen MR) is 120 cm³/mol. The molecule has 8 heteroatoms. The number of fused-ring (bicyclic) bond motifs is 1. The lowest BCUT2D eigenvalue weighted by Gasteiger charge is -2.25. The predicted octanol–water partition coefficient (Wildman–Crippen LogP) is 1.83. The summed E-state index contributed by atoms with van der Waals surface area (Å²) in [6.07, 6.45) is 2.91. The van der Waals surface area contributed by atoms with Gasteiger partial charge in [-0.3, -0.25) is 14.5 Å². The average molecular weight is 445 g/mol. The van der Waals surface area contributed by atoms with Crippen molar-refractivity contribution in [3.05, 3.63) is 23.9 Å². The number of hydrogen-bond donors (Lipinski definition) is 1. The summed E-state index contributed by atoms with van der Waals surface area (Å²) in [5, 5.41) is 3.03. The van der Waals surface area contributed by atoms with Crippen LogP contribution < -0.4 is 10.1 Å². The molecule has 32 heavy (non-hydrogen) atoms. The molecule has 4 heterocycles. The van der Waals surface area contributed by atoms with E-state index in [1.807, 2.05) is 36.9 Å². The minimum absolute atomic E-state index is 0.0709. The molecular weight excluding hydrogens is 408 g/mol. The second kappa shape index (κ2) is 10.2. The van der Waals surface area contributed by atoms with Crippen LogP contribution in [0.25, 0.3) is 0 Å². The van der Waals surface area contributed by atoms with E-state index in [2.05, 4.69) is 15.2 Å². The summed E-state index contributed by atoms with van der Waals surface area (Å²) >= 11 is 0. The molecule has 176 valence electrons. The molecule has 3 aliphatic heterocycles. The summed E-state index contributed by atoms with van der Waals surface area (Å²) in [6.45, 7) is 7.74. The molecule has 2 amide bonds. The number of likely N-dealkylation sites (tertiary alicyclic amines) is 2. The van der Waals surface area contributed by atoms with E-state index in [0.29, 0.717) is 31.9 Å². The van der Waals surface area contributed by atoms with Crippen molar-refractivity contribution in [3.63, 3.8) is 0 Å². The summed E-state index contributed by atoms with van der Waals surface area (Å²) in [4.78, 5) is 34.4. The standard InChI is InChI=1S/C24H36N4O4/c1-16(2)25-21(29)11-17-13-28(14-18-7-6-8-22(26-18)31-3)19-15-32-20(24(17)19)12-23(30)27-9-4-5-10-27/h6-8,16-17,19-20,24H,4-5,9-15H2,1-3H3,(H,25,29)/t17-,19-,20+,24-/m1/s1. The molecule has 1 aromatic rings. The minimum Gasteiger partial charge on any atom is -0.481 e. The Balaban J connectivity index is 1.48. The van der Waals surface area contributed by atoms with Gasteiger partial charge < -0.3 is 19.7 Å². The molecule has 3 fully saturated rings. The van der Waals surface area contributed by atoms with Crippen molar-refractivity contribution in [3.8, 4) is 5.88 Å². The van der Waals surface area contributed by atoms with Crippen LogP contribution >= 0.6 is 0 Å². The molecule has 0 aromatic carbocycles. The number of ether oxygens (including phenoxy) is 2. The molecule has 4 atom stereocenters. The van der Waals surface area contributed by atoms with E-state index in [1.54, 1.807) is 7.11 Å². The Morgan fingerprint density at radius 3 is 2.75 bits per heavy atom. The van der Waals surface area contributed by atoms with Crippen LogP contribution in [0.1, 0.15) is 45.2 Å². The highest BCUT2D eigenvalue weighted by atomic mass is 16.5. The van der Waals surface area contributed by atoms with E-state index in [0.717, 1.165) is 38.2 Å². The minimum atomic E-state index is -0.131. The zero-order valence-corrected chi connectivity index (χ0v) is 19.5. The maximum atomic E-state index is 12.8. The SMILES string of the molecule is COc1cccc(CN2C[C@@H](CC(=O)NC(C)C)[C@H]3[C@H](CC(=O)N4CCCC4)OC[C@H]32)n1. The lowest BCUT2D eigenvalue weighted by molar-refractivity contribution is -0.133. The van der Waals surface area contributed by atoms with Gasteiger partial charge in [0.1, 0.15) is 0 Å². The molecular formula is C24H36N4O4. The Morgan fingerprint density at radius 1 is 1.25 bits per heavy atom. The summed E-state index contributed by atoms with van der Waals surface area (Å²) in [6, 6.07) is 6.10. The first kappa shape index (κ1) is 23.0. The zero-order chi connectivity index (χ0) is 22.7. The Morgan fingerprint density at radius 2 is 2.03 bits per heavy atom. The van der Waals surface area contributed by atoms with Gasteiger partial charge >= 0.3 is 0 Å². The van der Waals surface area contributed by atoms with E-state index in [-0.39, 0.29) is 41.8 Å². The largest absolute Gasteiger partial charge is 0.481 e. The van der Waals surface area contributed by atoms with E-state index < -0.39 is 0 Å². The zero-order valence-electron chi connectivity index (χ0n) is 19.5. The smallest absolute Gasteiger partial charge is 0.225 e. The Labute approximate surface area is 190 Å². The normalized spacial score (nSPS) is 27.7. The summed E-state index contributed by atoms with van der Waals surface area (Å²) in [5.74, 6) is 1.18. The number of carbonyl (C=O) groups excluding carboxylic acids is 2. The van der Waals surface area contributed by atoms with Crippen molar-refractivity contribution >= 4 is 11.8 Å². The first-order chi connectivity index (χ1) is 15.4. The van der Waals surface area contributed by atoms with Crippen molar-refractivity contribution in [1.82, 2.24) is 20.1 Å². The number of carbonyl (C=O) groups is 2. The number of amides is 2. The highest BCUT2D eigenvalue weighted by Gasteiger charge is 2.51. The van der Waals surface area contributed by atoms with E-state index >= 15 is 0 Å². The lowest BCUT2D eigenvalue weighted by Crippen LogP contribution is -2.37. The fourth-order valence-corrected chi connectivity index (χ4v) is 5.55. The van der Waals surface area contributed by atoms with Crippen molar-refractivity contribution in [2.75, 3.05) is 33.4 Å². The number of methoxy groups -OCH3 is 1. The van der Waals surface area contributed by atoms with Crippen LogP contribution in [0.3, 0.4) is 0 Å². The summed E-state index contributed by atoms with van der Waals surface area (Å²) in [5.41, 5.74) is 0.937. The molecule has 1 aromatic heterocycles. The van der Waals surface area contributed by atoms with Crippen molar-refractivity contribution in [1.29, 1.82) is 0 Å². The fourth-order valence-electron chi connectivity index (χ4n) is 5.55. The van der Waals surface area contributed by atoms with E-state index in [4.69, 9.17) is 9.47 Å². The van der Waals surface area contributed by atoms with Gasteiger partial charge in [0.2, 0.25) is 17.7 Å². The van der Waals surface area contributed by atoms with Gasteiger partial charge in [-0.15, -0.1) is 0 Å². The van der Waals surface area contributed by atoms with Crippen LogP contribution in [-0.2, 0) is 20.9 Å². The molecule has 1 N–H and O–H groups in total. The van der Waals surface area contributed by atoms with Gasteiger partial charge in [-0.25, -0.2) is 4.98 Å². The van der Waals surface area contributed by atoms with Gasteiger partial charge in [-0.1, -0.05) is 6.07 Å². The van der Waals surface area contributed by atoms with Gasteiger partial charge in [0.15, 0.2) is 0 Å². The van der Waals surface area contributed by atoms with Gasteiger partial charge in [-0.05, 0) is 38.7 Å². The molecule has 0 spiro atoms. The van der Waals surface area contributed by atoms with Crippen molar-refractivity contribution in [2.24, 2.45) is 11.8 Å². The number of rotatable bonds is 8. The molecule has 0 radical (unpaired) electrons. The molecule has 0 saturated carbocycles. The molecule has 8 nitrogen and oxygen atoms in total. The number of nitrogens with one attached hydrogen (secondary N) is 1.